The third-order valence-corrected chi connectivity index (χ3v) is 13.1. The summed E-state index contributed by atoms with van der Waals surface area (Å²) in [5.41, 5.74) is 7.66. The van der Waals surface area contributed by atoms with Gasteiger partial charge in [-0.05, 0) is 91.2 Å². The van der Waals surface area contributed by atoms with E-state index in [1.807, 2.05) is 66.9 Å². The average Bonchev–Trinajstić information content (AvgIpc) is 3.71. The number of fused-ring (bicyclic) bond motifs is 2. The van der Waals surface area contributed by atoms with E-state index in [1.165, 1.54) is 12.5 Å². The van der Waals surface area contributed by atoms with Crippen LogP contribution >= 0.6 is 11.3 Å². The van der Waals surface area contributed by atoms with Gasteiger partial charge in [-0.3, -0.25) is 4.98 Å². The number of nitrogens with one attached hydrogen (secondary N) is 1. The third-order valence-electron chi connectivity index (χ3n) is 8.75. The van der Waals surface area contributed by atoms with Crippen LogP contribution in [0.4, 0.5) is 0 Å². The summed E-state index contributed by atoms with van der Waals surface area (Å²) in [5, 5.41) is 2.77. The van der Waals surface area contributed by atoms with Gasteiger partial charge in [0, 0.05) is 57.9 Å². The molecule has 47 heavy (non-hydrogen) atoms. The number of nitrogens with zero attached hydrogens (tertiary/aromatic N) is 2. The number of aromatic amines is 1. The summed E-state index contributed by atoms with van der Waals surface area (Å²) in [4.78, 5) is 14.2. The number of H-pyrrole nitrogens is 1. The molecule has 1 N–H and O–H groups in total. The lowest BCUT2D eigenvalue weighted by Crippen LogP contribution is -2.28. The second-order valence-electron chi connectivity index (χ2n) is 12.2. The fourth-order valence-corrected chi connectivity index (χ4v) is 7.94. The van der Waals surface area contributed by atoms with Gasteiger partial charge in [0.05, 0.1) is 25.7 Å². The van der Waals surface area contributed by atoms with Crippen LogP contribution in [0, 0.1) is 0 Å². The Hall–Kier alpha value is -4.64. The molecule has 0 radical (unpaired) electrons. The topological polar surface area (TPSA) is 110 Å². The van der Waals surface area contributed by atoms with Gasteiger partial charge in [0.25, 0.3) is 0 Å². The molecule has 0 aliphatic rings. The number of pyridine rings is 1. The van der Waals surface area contributed by atoms with Gasteiger partial charge in [0.15, 0.2) is 19.7 Å². The van der Waals surface area contributed by atoms with Gasteiger partial charge in [-0.25, -0.2) is 21.8 Å². The molecule has 0 saturated heterocycles. The van der Waals surface area contributed by atoms with E-state index in [1.54, 1.807) is 55.6 Å². The molecule has 0 fully saturated rings. The molecule has 0 aliphatic carbocycles. The van der Waals surface area contributed by atoms with Crippen LogP contribution in [0.25, 0.3) is 65.2 Å². The van der Waals surface area contributed by atoms with Crippen molar-refractivity contribution in [3.63, 3.8) is 0 Å². The van der Waals surface area contributed by atoms with E-state index >= 15 is 0 Å². The number of sulfone groups is 2. The molecule has 7 nitrogen and oxygen atoms in total. The van der Waals surface area contributed by atoms with Crippen molar-refractivity contribution in [2.75, 3.05) is 12.5 Å². The van der Waals surface area contributed by atoms with E-state index in [4.69, 9.17) is 9.97 Å². The average molecular weight is 678 g/mol. The maximum Gasteiger partial charge on any atom is 0.175 e. The van der Waals surface area contributed by atoms with Crippen molar-refractivity contribution < 1.29 is 16.8 Å². The summed E-state index contributed by atoms with van der Waals surface area (Å²) in [7, 11) is -6.78. The molecule has 10 heteroatoms. The second kappa shape index (κ2) is 11.3. The maximum atomic E-state index is 12.8. The monoisotopic (exact) mass is 677 g/mol. The van der Waals surface area contributed by atoms with Gasteiger partial charge in [-0.2, -0.15) is 0 Å². The van der Waals surface area contributed by atoms with Crippen LogP contribution in [-0.2, 0) is 24.4 Å². The lowest BCUT2D eigenvalue weighted by Gasteiger charge is -2.24. The fourth-order valence-electron chi connectivity index (χ4n) is 5.68. The fraction of sp³-hybridized carbons (Fsp3) is 0.135. The molecule has 236 valence electrons. The zero-order valence-electron chi connectivity index (χ0n) is 26.1. The number of hydrogen-bond donors (Lipinski definition) is 1. The SMILES string of the molecule is CC(C)(c1cc(-c2cccc(-c3sc(-c4ccc5[nH]ccc5c4)nc3-c3ccc(S(C)(=O)=O)cc3)c2)c2ncccc2c1)S(C)(=O)=O. The number of benzene rings is 4. The molecule has 7 aromatic rings. The molecular weight excluding hydrogens is 647 g/mol. The van der Waals surface area contributed by atoms with E-state index in [2.05, 4.69) is 17.1 Å². The summed E-state index contributed by atoms with van der Waals surface area (Å²) < 4.78 is 49.0. The Labute approximate surface area is 277 Å². The highest BCUT2D eigenvalue weighted by molar-refractivity contribution is 7.91. The molecule has 3 aromatic heterocycles. The zero-order valence-corrected chi connectivity index (χ0v) is 28.6. The minimum atomic E-state index is -3.42. The Morgan fingerprint density at radius 1 is 0.723 bits per heavy atom. The predicted molar refractivity (Wildman–Crippen MR) is 192 cm³/mol. The summed E-state index contributed by atoms with van der Waals surface area (Å²) in [6.45, 7) is 3.45. The first-order valence-corrected chi connectivity index (χ1v) is 19.5. The van der Waals surface area contributed by atoms with Crippen LogP contribution in [0.15, 0.2) is 114 Å². The number of rotatable bonds is 7. The van der Waals surface area contributed by atoms with Gasteiger partial charge >= 0.3 is 0 Å². The van der Waals surface area contributed by atoms with Crippen molar-refractivity contribution in [2.45, 2.75) is 23.5 Å². The molecular formula is C37H31N3O4S3. The minimum Gasteiger partial charge on any atom is -0.361 e. The van der Waals surface area contributed by atoms with E-state index in [-0.39, 0.29) is 4.90 Å². The summed E-state index contributed by atoms with van der Waals surface area (Å²) in [6.07, 6.45) is 6.11. The Balaban J connectivity index is 1.42. The van der Waals surface area contributed by atoms with Crippen molar-refractivity contribution in [3.05, 3.63) is 115 Å². The molecule has 0 amide bonds. The van der Waals surface area contributed by atoms with Gasteiger partial charge < -0.3 is 4.98 Å². The Kier molecular flexibility index (Phi) is 7.42. The first kappa shape index (κ1) is 31.0. The van der Waals surface area contributed by atoms with E-state index in [9.17, 15) is 16.8 Å². The highest BCUT2D eigenvalue weighted by Crippen LogP contribution is 2.43. The molecule has 0 unspecified atom stereocenters. The maximum absolute atomic E-state index is 12.8. The number of aromatic nitrogens is 3. The van der Waals surface area contributed by atoms with E-state index in [0.29, 0.717) is 5.56 Å². The molecule has 4 aromatic carbocycles. The Morgan fingerprint density at radius 3 is 2.21 bits per heavy atom. The number of thiazole rings is 1. The van der Waals surface area contributed by atoms with Crippen LogP contribution < -0.4 is 0 Å². The standard InChI is InChI=1S/C37H31N3O4S3/c1-37(2,47(4,43)44)29-21-26-9-6-17-39-33(26)31(22-29)24-7-5-8-27(19-24)35-34(23-10-13-30(14-11-23)46(3,41)42)40-36(45-35)28-12-15-32-25(20-28)16-18-38-32/h5-22,38H,1-4H3. The molecule has 0 aliphatic heterocycles. The molecule has 3 heterocycles. The van der Waals surface area contributed by atoms with Crippen molar-refractivity contribution >= 4 is 52.8 Å². The molecule has 0 bridgehead atoms. The largest absolute Gasteiger partial charge is 0.361 e. The van der Waals surface area contributed by atoms with Crippen LogP contribution in [0.3, 0.4) is 0 Å². The quantitative estimate of drug-likeness (QED) is 0.181. The zero-order chi connectivity index (χ0) is 33.1. The van der Waals surface area contributed by atoms with Gasteiger partial charge in [-0.1, -0.05) is 36.4 Å². The van der Waals surface area contributed by atoms with Gasteiger partial charge in [0.1, 0.15) is 5.01 Å². The summed E-state index contributed by atoms with van der Waals surface area (Å²) in [6, 6.07) is 30.8. The first-order chi connectivity index (χ1) is 22.3. The first-order valence-electron chi connectivity index (χ1n) is 14.9. The van der Waals surface area contributed by atoms with Crippen molar-refractivity contribution in [1.82, 2.24) is 15.0 Å². The highest BCUT2D eigenvalue weighted by Gasteiger charge is 2.33. The van der Waals surface area contributed by atoms with Crippen LogP contribution in [-0.4, -0.2) is 44.3 Å². The van der Waals surface area contributed by atoms with Crippen molar-refractivity contribution in [3.8, 4) is 43.4 Å². The van der Waals surface area contributed by atoms with Crippen LogP contribution in [0.5, 0.6) is 0 Å². The third kappa shape index (κ3) is 5.66. The smallest absolute Gasteiger partial charge is 0.175 e. The predicted octanol–water partition coefficient (Wildman–Crippen LogP) is 8.52. The number of hydrogen-bond acceptors (Lipinski definition) is 7. The van der Waals surface area contributed by atoms with E-state index < -0.39 is 24.4 Å². The summed E-state index contributed by atoms with van der Waals surface area (Å²) >= 11 is 1.57. The molecule has 7 rings (SSSR count). The Morgan fingerprint density at radius 2 is 1.47 bits per heavy atom. The lowest BCUT2D eigenvalue weighted by molar-refractivity contribution is 0.561. The lowest BCUT2D eigenvalue weighted by atomic mass is 9.92. The van der Waals surface area contributed by atoms with Gasteiger partial charge in [0.2, 0.25) is 0 Å². The highest BCUT2D eigenvalue weighted by atomic mass is 32.2. The van der Waals surface area contributed by atoms with Crippen molar-refractivity contribution in [1.29, 1.82) is 0 Å². The van der Waals surface area contributed by atoms with Gasteiger partial charge in [-0.15, -0.1) is 11.3 Å². The molecule has 0 atom stereocenters. The second-order valence-corrected chi connectivity index (χ2v) is 17.8. The summed E-state index contributed by atoms with van der Waals surface area (Å²) in [5.74, 6) is 0. The minimum absolute atomic E-state index is 0.245. The Bertz CT molecular complexity index is 2550. The normalized spacial score (nSPS) is 12.6. The molecule has 0 saturated carbocycles. The van der Waals surface area contributed by atoms with Crippen LogP contribution in [0.2, 0.25) is 0 Å². The van der Waals surface area contributed by atoms with Crippen LogP contribution in [0.1, 0.15) is 19.4 Å². The van der Waals surface area contributed by atoms with E-state index in [0.717, 1.165) is 65.2 Å². The molecule has 0 spiro atoms. The van der Waals surface area contributed by atoms with Crippen molar-refractivity contribution in [2.24, 2.45) is 0 Å².